The molecule has 1 N–H and O–H groups in total. The zero-order valence-corrected chi connectivity index (χ0v) is 19.0. The van der Waals surface area contributed by atoms with E-state index in [1.807, 2.05) is 0 Å². The topological polar surface area (TPSA) is 47.6 Å². The van der Waals surface area contributed by atoms with Crippen molar-refractivity contribution in [3.8, 4) is 11.8 Å². The van der Waals surface area contributed by atoms with E-state index in [1.54, 1.807) is 0 Å². The number of hydrogen-bond donors (Lipinski definition) is 1. The monoisotopic (exact) mass is 403 g/mol. The number of rotatable bonds is 11. The van der Waals surface area contributed by atoms with Gasteiger partial charge in [0.2, 0.25) is 5.91 Å². The lowest BCUT2D eigenvalue weighted by Crippen LogP contribution is -2.34. The second-order valence-electron chi connectivity index (χ2n) is 9.22. The van der Waals surface area contributed by atoms with Crippen molar-refractivity contribution in [2.75, 3.05) is 26.4 Å². The Labute approximate surface area is 178 Å². The first kappa shape index (κ1) is 24.0. The minimum atomic E-state index is -0.0980. The molecule has 2 aliphatic rings. The van der Waals surface area contributed by atoms with E-state index in [4.69, 9.17) is 9.47 Å². The van der Waals surface area contributed by atoms with Crippen molar-refractivity contribution in [2.45, 2.75) is 85.2 Å². The number of carbonyl (C=O) groups is 1. The van der Waals surface area contributed by atoms with Crippen LogP contribution in [0.3, 0.4) is 0 Å². The Morgan fingerprint density at radius 2 is 2.21 bits per heavy atom. The second kappa shape index (κ2) is 12.4. The highest BCUT2D eigenvalue weighted by molar-refractivity contribution is 5.77. The van der Waals surface area contributed by atoms with Crippen molar-refractivity contribution in [1.82, 2.24) is 5.32 Å². The van der Waals surface area contributed by atoms with Gasteiger partial charge in [0.25, 0.3) is 0 Å². The lowest BCUT2D eigenvalue weighted by molar-refractivity contribution is -0.127. The maximum atomic E-state index is 12.0. The first-order valence-corrected chi connectivity index (χ1v) is 11.5. The molecule has 0 saturated carbocycles. The van der Waals surface area contributed by atoms with Crippen molar-refractivity contribution in [3.63, 3.8) is 0 Å². The van der Waals surface area contributed by atoms with E-state index in [0.29, 0.717) is 30.4 Å². The predicted molar refractivity (Wildman–Crippen MR) is 118 cm³/mol. The molecule has 0 aliphatic heterocycles. The maximum Gasteiger partial charge on any atom is 0.246 e. The first-order chi connectivity index (χ1) is 13.9. The Balaban J connectivity index is 1.59. The first-order valence-electron chi connectivity index (χ1n) is 11.5. The summed E-state index contributed by atoms with van der Waals surface area (Å²) in [4.78, 5) is 12.0. The fourth-order valence-electron chi connectivity index (χ4n) is 5.03. The van der Waals surface area contributed by atoms with Crippen LogP contribution in [0.2, 0.25) is 0 Å². The number of nitrogens with one attached hydrogen (secondary N) is 1. The van der Waals surface area contributed by atoms with Gasteiger partial charge < -0.3 is 14.8 Å². The summed E-state index contributed by atoms with van der Waals surface area (Å²) in [6, 6.07) is 0. The van der Waals surface area contributed by atoms with Crippen LogP contribution >= 0.6 is 0 Å². The number of carbonyl (C=O) groups excluding carboxylic acids is 1. The Morgan fingerprint density at radius 3 is 2.93 bits per heavy atom. The van der Waals surface area contributed by atoms with E-state index in [1.165, 1.54) is 37.7 Å². The Kier molecular flexibility index (Phi) is 10.2. The molecule has 0 radical (unpaired) electrons. The molecular formula is C25H41NO3. The molecule has 0 bridgehead atoms. The van der Waals surface area contributed by atoms with E-state index in [2.05, 4.69) is 50.9 Å². The van der Waals surface area contributed by atoms with Gasteiger partial charge in [0.15, 0.2) is 0 Å². The molecule has 4 atom stereocenters. The fourth-order valence-corrected chi connectivity index (χ4v) is 5.03. The molecule has 2 rings (SSSR count). The Hall–Kier alpha value is -1.31. The van der Waals surface area contributed by atoms with Crippen LogP contribution in [0.4, 0.5) is 0 Å². The highest BCUT2D eigenvalue weighted by Gasteiger charge is 2.38. The molecule has 0 saturated heterocycles. The quantitative estimate of drug-likeness (QED) is 0.304. The number of amides is 1. The number of ether oxygens (including phenoxy) is 2. The van der Waals surface area contributed by atoms with Crippen LogP contribution in [-0.4, -0.2) is 38.4 Å². The van der Waals surface area contributed by atoms with Crippen LogP contribution in [0.1, 0.15) is 79.1 Å². The minimum Gasteiger partial charge on any atom is -0.379 e. The summed E-state index contributed by atoms with van der Waals surface area (Å²) in [6.45, 7) is 11.2. The Morgan fingerprint density at radius 1 is 1.38 bits per heavy atom. The molecule has 0 heterocycles. The van der Waals surface area contributed by atoms with Gasteiger partial charge in [-0.15, -0.1) is 5.92 Å². The van der Waals surface area contributed by atoms with Crippen molar-refractivity contribution < 1.29 is 14.3 Å². The van der Waals surface area contributed by atoms with Gasteiger partial charge in [-0.1, -0.05) is 51.2 Å². The third-order valence-corrected chi connectivity index (χ3v) is 6.52. The van der Waals surface area contributed by atoms with E-state index < -0.39 is 0 Å². The second-order valence-corrected chi connectivity index (χ2v) is 9.22. The largest absolute Gasteiger partial charge is 0.379 e. The van der Waals surface area contributed by atoms with Gasteiger partial charge in [0.05, 0.1) is 6.61 Å². The minimum absolute atomic E-state index is 0.0817. The third kappa shape index (κ3) is 8.15. The Bertz CT molecular complexity index is 603. The van der Waals surface area contributed by atoms with Gasteiger partial charge in [-0.2, -0.15) is 0 Å². The summed E-state index contributed by atoms with van der Waals surface area (Å²) in [7, 11) is 0. The standard InChI is InChI=1S/C25H41NO3/c1-5-23(25(4)14-13-20(2)17-25)21(3)18-28-16-15-26-24(27)19-29-22-11-9-7-6-8-10-12-22/h13,21-23H,5-9,11,14-19H2,1-4H3,(H,26,27). The zero-order chi connectivity index (χ0) is 21.1. The van der Waals surface area contributed by atoms with Crippen molar-refractivity contribution in [3.05, 3.63) is 11.6 Å². The van der Waals surface area contributed by atoms with Crippen LogP contribution in [-0.2, 0) is 14.3 Å². The molecule has 1 amide bonds. The molecular weight excluding hydrogens is 362 g/mol. The van der Waals surface area contributed by atoms with Gasteiger partial charge in [0, 0.05) is 19.6 Å². The lowest BCUT2D eigenvalue weighted by atomic mass is 9.68. The molecule has 0 spiro atoms. The summed E-state index contributed by atoms with van der Waals surface area (Å²) >= 11 is 0. The molecule has 0 fully saturated rings. The average molecular weight is 404 g/mol. The highest BCUT2D eigenvalue weighted by atomic mass is 16.5. The van der Waals surface area contributed by atoms with E-state index >= 15 is 0 Å². The molecule has 2 aliphatic carbocycles. The van der Waals surface area contributed by atoms with Gasteiger partial charge >= 0.3 is 0 Å². The molecule has 4 unspecified atom stereocenters. The molecule has 0 aromatic rings. The van der Waals surface area contributed by atoms with Gasteiger partial charge in [-0.3, -0.25) is 4.79 Å². The SMILES string of the molecule is CCC(C(C)COCCNC(=O)COC1C#CCCCCC1)C1(C)CC=C(C)C1. The fraction of sp³-hybridized carbons (Fsp3) is 0.800. The summed E-state index contributed by atoms with van der Waals surface area (Å²) < 4.78 is 11.6. The molecule has 164 valence electrons. The smallest absolute Gasteiger partial charge is 0.246 e. The van der Waals surface area contributed by atoms with Crippen molar-refractivity contribution in [2.24, 2.45) is 17.3 Å². The number of allylic oxidation sites excluding steroid dienone is 2. The van der Waals surface area contributed by atoms with E-state index in [9.17, 15) is 4.79 Å². The van der Waals surface area contributed by atoms with Crippen LogP contribution in [0.25, 0.3) is 0 Å². The number of hydrogen-bond acceptors (Lipinski definition) is 3. The highest BCUT2D eigenvalue weighted by Crippen LogP contribution is 2.47. The zero-order valence-electron chi connectivity index (χ0n) is 19.0. The van der Waals surface area contributed by atoms with Crippen LogP contribution in [0.15, 0.2) is 11.6 Å². The van der Waals surface area contributed by atoms with Crippen molar-refractivity contribution in [1.29, 1.82) is 0 Å². The molecule has 0 aromatic carbocycles. The molecule has 4 heteroatoms. The summed E-state index contributed by atoms with van der Waals surface area (Å²) in [5.41, 5.74) is 1.89. The average Bonchev–Trinajstić information content (AvgIpc) is 3.00. The molecule has 29 heavy (non-hydrogen) atoms. The molecule has 0 aromatic heterocycles. The van der Waals surface area contributed by atoms with Crippen LogP contribution in [0, 0.1) is 29.1 Å². The summed E-state index contributed by atoms with van der Waals surface area (Å²) in [5.74, 6) is 7.36. The van der Waals surface area contributed by atoms with Gasteiger partial charge in [-0.25, -0.2) is 0 Å². The van der Waals surface area contributed by atoms with Crippen LogP contribution in [0.5, 0.6) is 0 Å². The normalized spacial score (nSPS) is 26.5. The lowest BCUT2D eigenvalue weighted by Gasteiger charge is -2.38. The van der Waals surface area contributed by atoms with Gasteiger partial charge in [0.1, 0.15) is 12.7 Å². The van der Waals surface area contributed by atoms with Crippen LogP contribution < -0.4 is 5.32 Å². The predicted octanol–water partition coefficient (Wildman–Crippen LogP) is 4.88. The van der Waals surface area contributed by atoms with Gasteiger partial charge in [-0.05, 0) is 56.3 Å². The van der Waals surface area contributed by atoms with E-state index in [0.717, 1.165) is 25.9 Å². The maximum absolute atomic E-state index is 12.0. The third-order valence-electron chi connectivity index (χ3n) is 6.52. The summed E-state index contributed by atoms with van der Waals surface area (Å²) in [5, 5.41) is 2.89. The molecule has 4 nitrogen and oxygen atoms in total. The van der Waals surface area contributed by atoms with E-state index in [-0.39, 0.29) is 18.6 Å². The summed E-state index contributed by atoms with van der Waals surface area (Å²) in [6.07, 6.45) is 11.2. The van der Waals surface area contributed by atoms with Crippen molar-refractivity contribution >= 4 is 5.91 Å².